The Kier molecular flexibility index (Phi) is 4.98. The van der Waals surface area contributed by atoms with Crippen molar-refractivity contribution in [3.8, 4) is 0 Å². The molecule has 27 heavy (non-hydrogen) atoms. The maximum absolute atomic E-state index is 12.5. The van der Waals surface area contributed by atoms with Crippen molar-refractivity contribution in [1.29, 1.82) is 0 Å². The fraction of sp³-hybridized carbons (Fsp3) is 0.421. The molecule has 0 spiro atoms. The van der Waals surface area contributed by atoms with Crippen LogP contribution in [-0.4, -0.2) is 51.9 Å². The Morgan fingerprint density at radius 2 is 2.07 bits per heavy atom. The number of nitrogens with one attached hydrogen (secondary N) is 1. The number of fused-ring (bicyclic) bond motifs is 1. The smallest absolute Gasteiger partial charge is 0.317 e. The lowest BCUT2D eigenvalue weighted by Crippen LogP contribution is -2.52. The molecule has 0 aliphatic carbocycles. The molecule has 1 saturated heterocycles. The van der Waals surface area contributed by atoms with Gasteiger partial charge in [-0.25, -0.2) is 9.78 Å². The lowest BCUT2D eigenvalue weighted by Gasteiger charge is -2.35. The molecule has 1 N–H and O–H groups in total. The third kappa shape index (κ3) is 3.62. The first-order chi connectivity index (χ1) is 13.2. The van der Waals surface area contributed by atoms with E-state index in [1.54, 1.807) is 16.0 Å². The van der Waals surface area contributed by atoms with Gasteiger partial charge in [0.2, 0.25) is 0 Å². The van der Waals surface area contributed by atoms with E-state index in [2.05, 4.69) is 44.7 Å². The van der Waals surface area contributed by atoms with E-state index in [1.807, 2.05) is 24.3 Å². The Balaban J connectivity index is 1.35. The largest absolute Gasteiger partial charge is 0.353 e. The van der Waals surface area contributed by atoms with E-state index in [-0.39, 0.29) is 6.03 Å². The molecular weight excluding hydrogens is 360 g/mol. The molecule has 3 aromatic rings. The molecule has 1 fully saturated rings. The van der Waals surface area contributed by atoms with E-state index < -0.39 is 0 Å². The number of aryl methyl sites for hydroxylation is 2. The van der Waals surface area contributed by atoms with Gasteiger partial charge in [-0.2, -0.15) is 5.10 Å². The molecule has 0 saturated carbocycles. The standard InChI is InChI=1S/C19H24N6OS/c1-3-16-14(13-23(2)22-16)12-21-19(26)25-9-7-24(8-10-25)18-15-5-11-27-17(15)4-6-20-18/h4-6,11,13H,3,7-10,12H2,1-2H3,(H,21,26). The average molecular weight is 385 g/mol. The number of thiophene rings is 1. The monoisotopic (exact) mass is 384 g/mol. The van der Waals surface area contributed by atoms with Crippen LogP contribution in [0.25, 0.3) is 10.1 Å². The summed E-state index contributed by atoms with van der Waals surface area (Å²) >= 11 is 1.73. The van der Waals surface area contributed by atoms with Gasteiger partial charge in [-0.1, -0.05) is 6.92 Å². The lowest BCUT2D eigenvalue weighted by atomic mass is 10.2. The number of piperazine rings is 1. The van der Waals surface area contributed by atoms with Crippen LogP contribution in [0.1, 0.15) is 18.2 Å². The van der Waals surface area contributed by atoms with Crippen LogP contribution in [-0.2, 0) is 20.0 Å². The van der Waals surface area contributed by atoms with E-state index >= 15 is 0 Å². The molecule has 0 aromatic carbocycles. The van der Waals surface area contributed by atoms with Crippen LogP contribution < -0.4 is 10.2 Å². The Bertz CT molecular complexity index is 941. The molecule has 3 aromatic heterocycles. The Labute approximate surface area is 162 Å². The summed E-state index contributed by atoms with van der Waals surface area (Å²) in [5.41, 5.74) is 2.12. The van der Waals surface area contributed by atoms with Gasteiger partial charge in [0.05, 0.1) is 5.69 Å². The summed E-state index contributed by atoms with van der Waals surface area (Å²) in [6.45, 7) is 5.58. The zero-order valence-corrected chi connectivity index (χ0v) is 16.5. The number of nitrogens with zero attached hydrogens (tertiary/aromatic N) is 5. The van der Waals surface area contributed by atoms with Crippen molar-refractivity contribution in [1.82, 2.24) is 25.0 Å². The predicted octanol–water partition coefficient (Wildman–Crippen LogP) is 2.62. The summed E-state index contributed by atoms with van der Waals surface area (Å²) in [6.07, 6.45) is 4.71. The number of amides is 2. The van der Waals surface area contributed by atoms with Crippen LogP contribution in [0.4, 0.5) is 10.6 Å². The van der Waals surface area contributed by atoms with Crippen molar-refractivity contribution in [3.05, 3.63) is 41.2 Å². The zero-order valence-electron chi connectivity index (χ0n) is 15.7. The van der Waals surface area contributed by atoms with Crippen LogP contribution in [0, 0.1) is 0 Å². The van der Waals surface area contributed by atoms with Crippen molar-refractivity contribution in [2.75, 3.05) is 31.1 Å². The minimum atomic E-state index is -0.0118. The number of hydrogen-bond acceptors (Lipinski definition) is 5. The zero-order chi connectivity index (χ0) is 18.8. The van der Waals surface area contributed by atoms with Crippen LogP contribution in [0.5, 0.6) is 0 Å². The SMILES string of the molecule is CCc1nn(C)cc1CNC(=O)N1CCN(c2nccc3sccc23)CC1. The average Bonchev–Trinajstić information content (AvgIpc) is 3.32. The van der Waals surface area contributed by atoms with Gasteiger partial charge < -0.3 is 15.1 Å². The summed E-state index contributed by atoms with van der Waals surface area (Å²) in [4.78, 5) is 21.3. The number of rotatable bonds is 4. The maximum Gasteiger partial charge on any atom is 0.317 e. The van der Waals surface area contributed by atoms with Crippen molar-refractivity contribution in [2.24, 2.45) is 7.05 Å². The molecule has 1 aliphatic heterocycles. The second-order valence-corrected chi connectivity index (χ2v) is 7.68. The Morgan fingerprint density at radius 1 is 1.26 bits per heavy atom. The first kappa shape index (κ1) is 17.8. The molecule has 1 aliphatic rings. The van der Waals surface area contributed by atoms with Gasteiger partial charge in [0.25, 0.3) is 0 Å². The molecule has 4 rings (SSSR count). The van der Waals surface area contributed by atoms with Crippen LogP contribution in [0.15, 0.2) is 29.9 Å². The molecule has 0 bridgehead atoms. The molecule has 7 nitrogen and oxygen atoms in total. The Morgan fingerprint density at radius 3 is 2.85 bits per heavy atom. The van der Waals surface area contributed by atoms with Gasteiger partial charge in [0.1, 0.15) is 5.82 Å². The van der Waals surface area contributed by atoms with Crippen molar-refractivity contribution >= 4 is 33.3 Å². The first-order valence-corrected chi connectivity index (χ1v) is 10.1. The number of pyridine rings is 1. The molecule has 0 atom stereocenters. The van der Waals surface area contributed by atoms with Crippen molar-refractivity contribution < 1.29 is 4.79 Å². The number of carbonyl (C=O) groups excluding carboxylic acids is 1. The van der Waals surface area contributed by atoms with Gasteiger partial charge in [-0.3, -0.25) is 4.68 Å². The highest BCUT2D eigenvalue weighted by molar-refractivity contribution is 7.17. The minimum absolute atomic E-state index is 0.0118. The van der Waals surface area contributed by atoms with Crippen LogP contribution >= 0.6 is 11.3 Å². The summed E-state index contributed by atoms with van der Waals surface area (Å²) in [6, 6.07) is 4.17. The number of carbonyl (C=O) groups is 1. The van der Waals surface area contributed by atoms with Crippen LogP contribution in [0.2, 0.25) is 0 Å². The second-order valence-electron chi connectivity index (χ2n) is 6.73. The third-order valence-electron chi connectivity index (χ3n) is 4.98. The molecule has 4 heterocycles. The van der Waals surface area contributed by atoms with Gasteiger partial charge in [-0.05, 0) is 23.9 Å². The molecule has 0 unspecified atom stereocenters. The number of hydrogen-bond donors (Lipinski definition) is 1. The highest BCUT2D eigenvalue weighted by atomic mass is 32.1. The summed E-state index contributed by atoms with van der Waals surface area (Å²) < 4.78 is 3.06. The van der Waals surface area contributed by atoms with E-state index in [9.17, 15) is 4.79 Å². The summed E-state index contributed by atoms with van der Waals surface area (Å²) in [7, 11) is 1.91. The molecule has 8 heteroatoms. The van der Waals surface area contributed by atoms with Gasteiger partial charge in [0.15, 0.2) is 0 Å². The van der Waals surface area contributed by atoms with E-state index in [0.717, 1.165) is 36.6 Å². The molecule has 0 radical (unpaired) electrons. The lowest BCUT2D eigenvalue weighted by molar-refractivity contribution is 0.194. The molecular formula is C19H24N6OS. The summed E-state index contributed by atoms with van der Waals surface area (Å²) in [5.74, 6) is 1.02. The number of aromatic nitrogens is 3. The van der Waals surface area contributed by atoms with E-state index in [1.165, 1.54) is 10.1 Å². The highest BCUT2D eigenvalue weighted by Crippen LogP contribution is 2.28. The topological polar surface area (TPSA) is 66.3 Å². The highest BCUT2D eigenvalue weighted by Gasteiger charge is 2.23. The second kappa shape index (κ2) is 7.56. The third-order valence-corrected chi connectivity index (χ3v) is 5.86. The van der Waals surface area contributed by atoms with E-state index in [4.69, 9.17) is 0 Å². The van der Waals surface area contributed by atoms with Crippen LogP contribution in [0.3, 0.4) is 0 Å². The number of urea groups is 1. The normalized spacial score (nSPS) is 14.7. The predicted molar refractivity (Wildman–Crippen MR) is 108 cm³/mol. The fourth-order valence-electron chi connectivity index (χ4n) is 3.56. The first-order valence-electron chi connectivity index (χ1n) is 9.27. The van der Waals surface area contributed by atoms with Gasteiger partial charge in [0, 0.05) is 67.8 Å². The van der Waals surface area contributed by atoms with E-state index in [0.29, 0.717) is 19.6 Å². The minimum Gasteiger partial charge on any atom is -0.353 e. The van der Waals surface area contributed by atoms with Gasteiger partial charge >= 0.3 is 6.03 Å². The quantitative estimate of drug-likeness (QED) is 0.751. The van der Waals surface area contributed by atoms with Gasteiger partial charge in [-0.15, -0.1) is 11.3 Å². The fourth-order valence-corrected chi connectivity index (χ4v) is 4.34. The maximum atomic E-state index is 12.5. The molecule has 142 valence electrons. The molecule has 2 amide bonds. The summed E-state index contributed by atoms with van der Waals surface area (Å²) in [5, 5.41) is 10.8. The van der Waals surface area contributed by atoms with Crippen molar-refractivity contribution in [3.63, 3.8) is 0 Å². The van der Waals surface area contributed by atoms with Crippen molar-refractivity contribution in [2.45, 2.75) is 19.9 Å². The number of anilines is 1. The Hall–Kier alpha value is -2.61.